The molecule has 0 aliphatic carbocycles. The molecule has 0 amide bonds. The first-order chi connectivity index (χ1) is 5.83. The van der Waals surface area contributed by atoms with E-state index in [1.165, 1.54) is 11.5 Å². The van der Waals surface area contributed by atoms with Gasteiger partial charge in [-0.3, -0.25) is 9.17 Å². The van der Waals surface area contributed by atoms with Crippen LogP contribution in [0, 0.1) is 0 Å². The number of hydrogen-bond donors (Lipinski definition) is 1. The van der Waals surface area contributed by atoms with Crippen LogP contribution in [0.5, 0.6) is 5.75 Å². The lowest BCUT2D eigenvalue weighted by Gasteiger charge is -1.97. The zero-order valence-electron chi connectivity index (χ0n) is 6.46. The third kappa shape index (κ3) is 0.921. The van der Waals surface area contributed by atoms with Crippen LogP contribution in [0.4, 0.5) is 0 Å². The Hall–Kier alpha value is -1.29. The molecule has 0 saturated carbocycles. The molecule has 1 N–H and O–H groups in total. The first-order valence-corrected chi connectivity index (χ1v) is 4.29. The summed E-state index contributed by atoms with van der Waals surface area (Å²) in [7, 11) is 1.56. The maximum absolute atomic E-state index is 11.2. The number of rotatable bonds is 1. The highest BCUT2D eigenvalue weighted by Crippen LogP contribution is 2.23. The van der Waals surface area contributed by atoms with Gasteiger partial charge in [-0.2, -0.15) is 0 Å². The maximum Gasteiger partial charge on any atom is 0.269 e. The molecule has 3 nitrogen and oxygen atoms in total. The molecule has 1 aromatic carbocycles. The van der Waals surface area contributed by atoms with Crippen LogP contribution in [0.25, 0.3) is 10.1 Å². The molecule has 0 atom stereocenters. The molecule has 62 valence electrons. The van der Waals surface area contributed by atoms with Gasteiger partial charge in [0.25, 0.3) is 5.56 Å². The summed E-state index contributed by atoms with van der Waals surface area (Å²) in [6.07, 6.45) is 0. The Kier molecular flexibility index (Phi) is 1.62. The van der Waals surface area contributed by atoms with Crippen molar-refractivity contribution in [1.82, 2.24) is 4.37 Å². The van der Waals surface area contributed by atoms with Crippen LogP contribution in [0.15, 0.2) is 23.0 Å². The maximum atomic E-state index is 11.2. The Morgan fingerprint density at radius 3 is 3.08 bits per heavy atom. The Bertz CT molecular complexity index is 457. The van der Waals surface area contributed by atoms with Crippen LogP contribution in [0.1, 0.15) is 0 Å². The number of hydrogen-bond acceptors (Lipinski definition) is 3. The fraction of sp³-hybridized carbons (Fsp3) is 0.125. The second-order valence-electron chi connectivity index (χ2n) is 2.37. The molecule has 0 aliphatic rings. The molecule has 0 radical (unpaired) electrons. The smallest absolute Gasteiger partial charge is 0.269 e. The summed E-state index contributed by atoms with van der Waals surface area (Å²) in [5, 5.41) is 0.644. The number of nitrogens with one attached hydrogen (secondary N) is 1. The quantitative estimate of drug-likeness (QED) is 0.726. The third-order valence-electron chi connectivity index (χ3n) is 1.69. The van der Waals surface area contributed by atoms with Crippen molar-refractivity contribution in [3.63, 3.8) is 0 Å². The molecule has 2 rings (SSSR count). The van der Waals surface area contributed by atoms with Crippen molar-refractivity contribution in [2.45, 2.75) is 0 Å². The first kappa shape index (κ1) is 7.36. The molecule has 1 aromatic heterocycles. The van der Waals surface area contributed by atoms with Crippen LogP contribution in [-0.4, -0.2) is 11.5 Å². The standard InChI is InChI=1S/C8H7NO2S/c1-11-5-3-2-4-6-7(5)8(10)9-12-6/h2-4H,1H3,(H,9,10). The van der Waals surface area contributed by atoms with E-state index < -0.39 is 0 Å². The number of fused-ring (bicyclic) bond motifs is 1. The third-order valence-corrected chi connectivity index (χ3v) is 2.54. The monoisotopic (exact) mass is 181 g/mol. The Morgan fingerprint density at radius 1 is 1.50 bits per heavy atom. The lowest BCUT2D eigenvalue weighted by molar-refractivity contribution is 0.419. The van der Waals surface area contributed by atoms with E-state index in [0.29, 0.717) is 11.1 Å². The molecule has 12 heavy (non-hydrogen) atoms. The second kappa shape index (κ2) is 2.64. The predicted molar refractivity (Wildman–Crippen MR) is 49.0 cm³/mol. The van der Waals surface area contributed by atoms with Crippen LogP contribution in [-0.2, 0) is 0 Å². The van der Waals surface area contributed by atoms with Gasteiger partial charge in [0, 0.05) is 0 Å². The molecular weight excluding hydrogens is 174 g/mol. The van der Waals surface area contributed by atoms with E-state index in [2.05, 4.69) is 4.37 Å². The fourth-order valence-electron chi connectivity index (χ4n) is 1.14. The van der Waals surface area contributed by atoms with E-state index in [-0.39, 0.29) is 5.56 Å². The molecule has 0 fully saturated rings. The topological polar surface area (TPSA) is 42.1 Å². The zero-order chi connectivity index (χ0) is 8.55. The highest BCUT2D eigenvalue weighted by Gasteiger charge is 2.05. The van der Waals surface area contributed by atoms with E-state index in [1.807, 2.05) is 12.1 Å². The summed E-state index contributed by atoms with van der Waals surface area (Å²) in [6, 6.07) is 5.54. The van der Waals surface area contributed by atoms with E-state index >= 15 is 0 Å². The lowest BCUT2D eigenvalue weighted by Crippen LogP contribution is -1.98. The number of ether oxygens (including phenoxy) is 1. The summed E-state index contributed by atoms with van der Waals surface area (Å²) in [5.41, 5.74) is -0.0764. The van der Waals surface area contributed by atoms with Gasteiger partial charge in [0.15, 0.2) is 0 Å². The number of aromatic nitrogens is 1. The van der Waals surface area contributed by atoms with Crippen molar-refractivity contribution in [3.8, 4) is 5.75 Å². The Morgan fingerprint density at radius 2 is 2.33 bits per heavy atom. The van der Waals surface area contributed by atoms with Gasteiger partial charge in [-0.15, -0.1) is 0 Å². The minimum Gasteiger partial charge on any atom is -0.496 e. The van der Waals surface area contributed by atoms with E-state index in [0.717, 1.165) is 4.70 Å². The fourth-order valence-corrected chi connectivity index (χ4v) is 1.89. The molecule has 1 heterocycles. The predicted octanol–water partition coefficient (Wildman–Crippen LogP) is 1.60. The highest BCUT2D eigenvalue weighted by molar-refractivity contribution is 7.13. The van der Waals surface area contributed by atoms with Crippen LogP contribution in [0.3, 0.4) is 0 Å². The number of methoxy groups -OCH3 is 1. The molecule has 0 bridgehead atoms. The number of benzene rings is 1. The van der Waals surface area contributed by atoms with Crippen LogP contribution in [0.2, 0.25) is 0 Å². The second-order valence-corrected chi connectivity index (χ2v) is 3.21. The van der Waals surface area contributed by atoms with E-state index in [1.54, 1.807) is 13.2 Å². The van der Waals surface area contributed by atoms with Crippen molar-refractivity contribution in [1.29, 1.82) is 0 Å². The van der Waals surface area contributed by atoms with Crippen molar-refractivity contribution in [2.75, 3.05) is 7.11 Å². The average Bonchev–Trinajstić information content (AvgIpc) is 2.48. The van der Waals surface area contributed by atoms with Gasteiger partial charge in [-0.1, -0.05) is 17.6 Å². The van der Waals surface area contributed by atoms with Crippen LogP contribution < -0.4 is 10.3 Å². The summed E-state index contributed by atoms with van der Waals surface area (Å²) in [4.78, 5) is 11.2. The normalized spacial score (nSPS) is 10.4. The van der Waals surface area contributed by atoms with E-state index in [9.17, 15) is 4.79 Å². The highest BCUT2D eigenvalue weighted by atomic mass is 32.1. The van der Waals surface area contributed by atoms with Crippen LogP contribution >= 0.6 is 11.5 Å². The molecule has 0 aliphatic heterocycles. The minimum atomic E-state index is -0.0764. The van der Waals surface area contributed by atoms with Gasteiger partial charge in [0.2, 0.25) is 0 Å². The molecular formula is C8H7NO2S. The molecule has 4 heteroatoms. The minimum absolute atomic E-state index is 0.0764. The van der Waals surface area contributed by atoms with Gasteiger partial charge in [-0.25, -0.2) is 0 Å². The molecule has 0 unspecified atom stereocenters. The van der Waals surface area contributed by atoms with Crippen molar-refractivity contribution >= 4 is 21.6 Å². The van der Waals surface area contributed by atoms with Gasteiger partial charge < -0.3 is 4.74 Å². The summed E-state index contributed by atoms with van der Waals surface area (Å²) >= 11 is 1.33. The molecule has 2 aromatic rings. The number of aromatic amines is 1. The van der Waals surface area contributed by atoms with Gasteiger partial charge >= 0.3 is 0 Å². The molecule has 0 saturated heterocycles. The summed E-state index contributed by atoms with van der Waals surface area (Å²) in [5.74, 6) is 0.634. The Labute approximate surface area is 72.8 Å². The SMILES string of the molecule is COc1cccc2s[nH]c(=O)c12. The lowest BCUT2D eigenvalue weighted by atomic mass is 10.2. The van der Waals surface area contributed by atoms with Crippen molar-refractivity contribution in [2.24, 2.45) is 0 Å². The van der Waals surface area contributed by atoms with Crippen molar-refractivity contribution < 1.29 is 4.74 Å². The largest absolute Gasteiger partial charge is 0.496 e. The summed E-state index contributed by atoms with van der Waals surface area (Å²) < 4.78 is 8.64. The first-order valence-electron chi connectivity index (χ1n) is 3.47. The van der Waals surface area contributed by atoms with Gasteiger partial charge in [0.05, 0.1) is 11.8 Å². The zero-order valence-corrected chi connectivity index (χ0v) is 7.27. The van der Waals surface area contributed by atoms with Gasteiger partial charge in [-0.05, 0) is 12.1 Å². The Balaban J connectivity index is 2.93. The number of H-pyrrole nitrogens is 1. The van der Waals surface area contributed by atoms with E-state index in [4.69, 9.17) is 4.74 Å². The van der Waals surface area contributed by atoms with Gasteiger partial charge in [0.1, 0.15) is 11.1 Å². The van der Waals surface area contributed by atoms with Crippen molar-refractivity contribution in [3.05, 3.63) is 28.6 Å². The average molecular weight is 181 g/mol. The molecule has 0 spiro atoms. The summed E-state index contributed by atoms with van der Waals surface area (Å²) in [6.45, 7) is 0.